The molecule has 4 rings (SSSR count). The highest BCUT2D eigenvalue weighted by Crippen LogP contribution is 2.21. The number of fused-ring (bicyclic) bond motifs is 1. The molecule has 174 valence electrons. The third-order valence-electron chi connectivity index (χ3n) is 5.30. The molecule has 0 bridgehead atoms. The maximum atomic E-state index is 12.7. The predicted molar refractivity (Wildman–Crippen MR) is 135 cm³/mol. The molecular weight excluding hydrogens is 442 g/mol. The van der Waals surface area contributed by atoms with Crippen molar-refractivity contribution in [3.05, 3.63) is 113 Å². The number of hydrogen-bond acceptors (Lipinski definition) is 5. The van der Waals surface area contributed by atoms with Crippen LogP contribution < -0.4 is 15.5 Å². The van der Waals surface area contributed by atoms with Crippen LogP contribution in [0.2, 0.25) is 0 Å². The summed E-state index contributed by atoms with van der Waals surface area (Å²) in [5.74, 6) is -0.828. The fraction of sp³-hybridized carbons (Fsp3) is 0.0714. The van der Waals surface area contributed by atoms with Crippen molar-refractivity contribution in [1.82, 2.24) is 10.7 Å². The van der Waals surface area contributed by atoms with Gasteiger partial charge in [0.25, 0.3) is 11.8 Å². The van der Waals surface area contributed by atoms with Crippen molar-refractivity contribution in [1.29, 1.82) is 0 Å². The molecule has 4 aromatic rings. The molecule has 7 heteroatoms. The van der Waals surface area contributed by atoms with E-state index in [4.69, 9.17) is 4.74 Å². The van der Waals surface area contributed by atoms with Gasteiger partial charge >= 0.3 is 5.97 Å². The van der Waals surface area contributed by atoms with Crippen LogP contribution in [0, 0.1) is 6.92 Å². The van der Waals surface area contributed by atoms with Gasteiger partial charge in [-0.2, -0.15) is 5.10 Å². The largest absolute Gasteiger partial charge is 0.423 e. The molecule has 0 atom stereocenters. The second-order valence-corrected chi connectivity index (χ2v) is 7.78. The Kier molecular flexibility index (Phi) is 7.28. The minimum atomic E-state index is -0.455. The molecule has 0 saturated carbocycles. The summed E-state index contributed by atoms with van der Waals surface area (Å²) in [6.07, 6.45) is 1.46. The smallest absolute Gasteiger partial charge is 0.344 e. The first-order valence-corrected chi connectivity index (χ1v) is 11.0. The molecule has 2 N–H and O–H groups in total. The lowest BCUT2D eigenvalue weighted by molar-refractivity contribution is -0.120. The highest BCUT2D eigenvalue weighted by Gasteiger charge is 2.12. The lowest BCUT2D eigenvalue weighted by atomic mass is 10.0. The molecule has 0 heterocycles. The molecule has 0 unspecified atom stereocenters. The molecule has 0 spiro atoms. The number of amides is 2. The third-order valence-corrected chi connectivity index (χ3v) is 5.30. The Bertz CT molecular complexity index is 1410. The summed E-state index contributed by atoms with van der Waals surface area (Å²) in [5.41, 5.74) is 4.90. The van der Waals surface area contributed by atoms with Gasteiger partial charge < -0.3 is 10.1 Å². The number of aryl methyl sites for hydroxylation is 1. The normalized spacial score (nSPS) is 10.8. The molecule has 0 saturated heterocycles. The van der Waals surface area contributed by atoms with Crippen molar-refractivity contribution in [2.75, 3.05) is 6.54 Å². The number of rotatable bonds is 7. The van der Waals surface area contributed by atoms with Gasteiger partial charge in [0.05, 0.1) is 18.3 Å². The van der Waals surface area contributed by atoms with Gasteiger partial charge in [0, 0.05) is 5.56 Å². The third kappa shape index (κ3) is 5.97. The van der Waals surface area contributed by atoms with Crippen LogP contribution in [0.5, 0.6) is 5.75 Å². The molecular formula is C28H23N3O4. The highest BCUT2D eigenvalue weighted by molar-refractivity contribution is 6.05. The van der Waals surface area contributed by atoms with Gasteiger partial charge in [-0.05, 0) is 65.2 Å². The fourth-order valence-corrected chi connectivity index (χ4v) is 3.49. The Hall–Kier alpha value is -4.78. The van der Waals surface area contributed by atoms with E-state index in [2.05, 4.69) is 15.8 Å². The van der Waals surface area contributed by atoms with Crippen molar-refractivity contribution in [2.24, 2.45) is 5.10 Å². The topological polar surface area (TPSA) is 96.9 Å². The van der Waals surface area contributed by atoms with Crippen molar-refractivity contribution in [3.8, 4) is 5.75 Å². The van der Waals surface area contributed by atoms with Crippen LogP contribution in [0.4, 0.5) is 0 Å². The van der Waals surface area contributed by atoms with Gasteiger partial charge in [0.2, 0.25) is 0 Å². The first kappa shape index (κ1) is 23.4. The van der Waals surface area contributed by atoms with Crippen molar-refractivity contribution < 1.29 is 19.1 Å². The Morgan fingerprint density at radius 3 is 2.31 bits per heavy atom. The second kappa shape index (κ2) is 10.9. The van der Waals surface area contributed by atoms with E-state index in [1.54, 1.807) is 42.5 Å². The van der Waals surface area contributed by atoms with Crippen molar-refractivity contribution in [3.63, 3.8) is 0 Å². The van der Waals surface area contributed by atoms with Crippen molar-refractivity contribution in [2.45, 2.75) is 6.92 Å². The number of carbonyl (C=O) groups excluding carboxylic acids is 3. The summed E-state index contributed by atoms with van der Waals surface area (Å²) >= 11 is 0. The molecule has 0 aliphatic carbocycles. The maximum Gasteiger partial charge on any atom is 0.344 e. The second-order valence-electron chi connectivity index (χ2n) is 7.78. The summed E-state index contributed by atoms with van der Waals surface area (Å²) < 4.78 is 5.51. The molecule has 0 radical (unpaired) electrons. The summed E-state index contributed by atoms with van der Waals surface area (Å²) in [4.78, 5) is 36.8. The van der Waals surface area contributed by atoms with Gasteiger partial charge in [0.1, 0.15) is 5.75 Å². The summed E-state index contributed by atoms with van der Waals surface area (Å²) in [7, 11) is 0. The average Bonchev–Trinajstić information content (AvgIpc) is 2.88. The van der Waals surface area contributed by atoms with Crippen LogP contribution in [-0.2, 0) is 4.79 Å². The maximum absolute atomic E-state index is 12.7. The van der Waals surface area contributed by atoms with E-state index in [0.717, 1.165) is 16.3 Å². The molecule has 2 amide bonds. The Labute approximate surface area is 202 Å². The molecule has 7 nitrogen and oxygen atoms in total. The fourth-order valence-electron chi connectivity index (χ4n) is 3.49. The molecule has 35 heavy (non-hydrogen) atoms. The minimum absolute atomic E-state index is 0.201. The zero-order chi connectivity index (χ0) is 24.6. The zero-order valence-electron chi connectivity index (χ0n) is 19.0. The first-order chi connectivity index (χ1) is 17.0. The van der Waals surface area contributed by atoms with Gasteiger partial charge in [0.15, 0.2) is 0 Å². The van der Waals surface area contributed by atoms with E-state index in [1.165, 1.54) is 6.21 Å². The van der Waals surface area contributed by atoms with Crippen LogP contribution in [0.1, 0.15) is 31.8 Å². The number of carbonyl (C=O) groups is 3. The Morgan fingerprint density at radius 2 is 1.51 bits per heavy atom. The van der Waals surface area contributed by atoms with Crippen molar-refractivity contribution >= 4 is 34.8 Å². The van der Waals surface area contributed by atoms with E-state index in [1.807, 2.05) is 55.5 Å². The zero-order valence-corrected chi connectivity index (χ0v) is 19.0. The van der Waals surface area contributed by atoms with E-state index in [9.17, 15) is 14.4 Å². The molecule has 4 aromatic carbocycles. The Morgan fingerprint density at radius 1 is 0.829 bits per heavy atom. The number of hydrazone groups is 1. The van der Waals surface area contributed by atoms with Gasteiger partial charge in [-0.15, -0.1) is 0 Å². The summed E-state index contributed by atoms with van der Waals surface area (Å²) in [6, 6.07) is 27.0. The average molecular weight is 466 g/mol. The molecule has 0 fully saturated rings. The summed E-state index contributed by atoms with van der Waals surface area (Å²) in [5, 5.41) is 8.26. The first-order valence-electron chi connectivity index (χ1n) is 11.0. The highest BCUT2D eigenvalue weighted by atomic mass is 16.5. The van der Waals surface area contributed by atoms with E-state index >= 15 is 0 Å². The number of hydrogen-bond donors (Lipinski definition) is 2. The minimum Gasteiger partial charge on any atom is -0.423 e. The SMILES string of the molecule is Cc1ccccc1C(=O)NCC(=O)N/N=C\c1ccc(OC(=O)c2cccc3ccccc23)cc1. The van der Waals surface area contributed by atoms with Crippen LogP contribution in [0.3, 0.4) is 0 Å². The van der Waals surface area contributed by atoms with Crippen LogP contribution >= 0.6 is 0 Å². The lowest BCUT2D eigenvalue weighted by Gasteiger charge is -2.07. The Balaban J connectivity index is 1.28. The van der Waals surface area contributed by atoms with Gasteiger partial charge in [-0.25, -0.2) is 10.2 Å². The lowest BCUT2D eigenvalue weighted by Crippen LogP contribution is -2.35. The van der Waals surface area contributed by atoms with Crippen LogP contribution in [0.25, 0.3) is 10.8 Å². The number of nitrogens with zero attached hydrogens (tertiary/aromatic N) is 1. The number of nitrogens with one attached hydrogen (secondary N) is 2. The quantitative estimate of drug-likeness (QED) is 0.185. The molecule has 0 aromatic heterocycles. The predicted octanol–water partition coefficient (Wildman–Crippen LogP) is 4.25. The van der Waals surface area contributed by atoms with Gasteiger partial charge in [-0.3, -0.25) is 9.59 Å². The number of benzene rings is 4. The standard InChI is InChI=1S/C28H23N3O4/c1-19-7-2-4-10-23(19)27(33)29-18-26(32)31-30-17-20-13-15-22(16-14-20)35-28(34)25-12-6-9-21-8-3-5-11-24(21)25/h2-17H,18H2,1H3,(H,29,33)(H,31,32)/b30-17-. The van der Waals surface area contributed by atoms with Crippen LogP contribution in [0.15, 0.2) is 96.1 Å². The molecule has 0 aliphatic rings. The monoisotopic (exact) mass is 465 g/mol. The van der Waals surface area contributed by atoms with E-state index in [0.29, 0.717) is 22.4 Å². The summed E-state index contributed by atoms with van der Waals surface area (Å²) in [6.45, 7) is 1.63. The van der Waals surface area contributed by atoms with E-state index < -0.39 is 11.9 Å². The number of ether oxygens (including phenoxy) is 1. The van der Waals surface area contributed by atoms with E-state index in [-0.39, 0.29) is 12.5 Å². The number of esters is 1. The van der Waals surface area contributed by atoms with Gasteiger partial charge in [-0.1, -0.05) is 54.6 Å². The molecule has 0 aliphatic heterocycles. The van der Waals surface area contributed by atoms with Crippen LogP contribution in [-0.4, -0.2) is 30.5 Å².